The van der Waals surface area contributed by atoms with Gasteiger partial charge in [-0.25, -0.2) is 0 Å². The van der Waals surface area contributed by atoms with E-state index in [1.807, 2.05) is 0 Å². The normalized spacial score (nSPS) is 28.9. The van der Waals surface area contributed by atoms with Crippen LogP contribution in [0.4, 0.5) is 0 Å². The maximum Gasteiger partial charge on any atom is 0.172 e. The number of alkyl halides is 1. The second-order valence-electron chi connectivity index (χ2n) is 4.76. The highest BCUT2D eigenvalue weighted by Gasteiger charge is 2.40. The van der Waals surface area contributed by atoms with E-state index in [1.54, 1.807) is 0 Å². The lowest BCUT2D eigenvalue weighted by molar-refractivity contribution is -0.165. The van der Waals surface area contributed by atoms with Crippen LogP contribution in [0.5, 0.6) is 0 Å². The summed E-state index contributed by atoms with van der Waals surface area (Å²) in [6, 6.07) is 0. The molecule has 0 N–H and O–H groups in total. The smallest absolute Gasteiger partial charge is 0.172 e. The monoisotopic (exact) mass is 242 g/mol. The van der Waals surface area contributed by atoms with Crippen LogP contribution in [0.15, 0.2) is 23.8 Å². The van der Waals surface area contributed by atoms with E-state index in [2.05, 4.69) is 19.6 Å². The zero-order valence-corrected chi connectivity index (χ0v) is 10.6. The fraction of sp³-hybridized carbons (Fsp3) is 0.692. The minimum atomic E-state index is -0.430. The molecule has 1 heterocycles. The minimum absolute atomic E-state index is 0.430. The van der Waals surface area contributed by atoms with E-state index in [9.17, 15) is 0 Å². The van der Waals surface area contributed by atoms with Crippen molar-refractivity contribution in [2.45, 2.75) is 32.0 Å². The van der Waals surface area contributed by atoms with Crippen molar-refractivity contribution in [3.05, 3.63) is 23.8 Å². The highest BCUT2D eigenvalue weighted by molar-refractivity contribution is 6.19. The lowest BCUT2D eigenvalue weighted by Crippen LogP contribution is -2.32. The summed E-state index contributed by atoms with van der Waals surface area (Å²) < 4.78 is 11.6. The third-order valence-corrected chi connectivity index (χ3v) is 3.77. The van der Waals surface area contributed by atoms with Crippen LogP contribution in [0.3, 0.4) is 0 Å². The van der Waals surface area contributed by atoms with Crippen molar-refractivity contribution < 1.29 is 9.47 Å². The molecule has 0 aromatic heterocycles. The Balaban J connectivity index is 2.19. The summed E-state index contributed by atoms with van der Waals surface area (Å²) in [4.78, 5) is 0. The zero-order chi connectivity index (χ0) is 11.6. The number of ether oxygens (including phenoxy) is 2. The first-order chi connectivity index (χ1) is 7.65. The molecule has 0 radical (unpaired) electrons. The molecular weight excluding hydrogens is 224 g/mol. The van der Waals surface area contributed by atoms with Crippen molar-refractivity contribution >= 4 is 11.6 Å². The summed E-state index contributed by atoms with van der Waals surface area (Å²) in [5.74, 6) is 0.580. The summed E-state index contributed by atoms with van der Waals surface area (Å²) >= 11 is 5.94. The first-order valence-electron chi connectivity index (χ1n) is 5.82. The molecule has 1 aliphatic carbocycles. The van der Waals surface area contributed by atoms with Gasteiger partial charge < -0.3 is 9.47 Å². The van der Waals surface area contributed by atoms with Crippen LogP contribution in [-0.4, -0.2) is 24.9 Å². The highest BCUT2D eigenvalue weighted by atomic mass is 35.5. The molecule has 2 rings (SSSR count). The Labute approximate surface area is 102 Å². The van der Waals surface area contributed by atoms with Gasteiger partial charge in [-0.2, -0.15) is 0 Å². The van der Waals surface area contributed by atoms with Crippen LogP contribution in [0, 0.1) is 5.92 Å². The molecule has 1 saturated heterocycles. The van der Waals surface area contributed by atoms with Gasteiger partial charge in [-0.1, -0.05) is 23.8 Å². The van der Waals surface area contributed by atoms with E-state index in [1.165, 1.54) is 11.1 Å². The van der Waals surface area contributed by atoms with Crippen LogP contribution in [0.2, 0.25) is 0 Å². The van der Waals surface area contributed by atoms with Gasteiger partial charge in [-0.05, 0) is 19.3 Å². The number of halogens is 1. The Morgan fingerprint density at radius 3 is 2.81 bits per heavy atom. The maximum atomic E-state index is 5.94. The first-order valence-corrected chi connectivity index (χ1v) is 6.36. The Kier molecular flexibility index (Phi) is 3.73. The standard InChI is InChI=1S/C13H19ClO2/c1-10(2)12-4-3-11(9-14)7-13(8-12)15-5-6-16-13/h3,12H,1,4-9H2,2H3/t12-/m1/s1. The van der Waals surface area contributed by atoms with Gasteiger partial charge in [-0.3, -0.25) is 0 Å². The van der Waals surface area contributed by atoms with E-state index < -0.39 is 5.79 Å². The number of hydrogen-bond donors (Lipinski definition) is 0. The van der Waals surface area contributed by atoms with Gasteiger partial charge >= 0.3 is 0 Å². The summed E-state index contributed by atoms with van der Waals surface area (Å²) in [6.45, 7) is 7.51. The maximum absolute atomic E-state index is 5.94. The highest BCUT2D eigenvalue weighted by Crippen LogP contribution is 2.39. The van der Waals surface area contributed by atoms with Crippen LogP contribution < -0.4 is 0 Å². The van der Waals surface area contributed by atoms with Crippen LogP contribution in [0.1, 0.15) is 26.2 Å². The number of hydrogen-bond acceptors (Lipinski definition) is 2. The Hall–Kier alpha value is -0.310. The molecule has 0 bridgehead atoms. The molecule has 3 heteroatoms. The van der Waals surface area contributed by atoms with E-state index in [-0.39, 0.29) is 0 Å². The van der Waals surface area contributed by atoms with Gasteiger partial charge in [0.1, 0.15) is 0 Å². The second-order valence-corrected chi connectivity index (χ2v) is 5.03. The second kappa shape index (κ2) is 4.91. The Morgan fingerprint density at radius 2 is 2.25 bits per heavy atom. The van der Waals surface area contributed by atoms with Crippen molar-refractivity contribution in [2.75, 3.05) is 19.1 Å². The molecule has 0 saturated carbocycles. The summed E-state index contributed by atoms with van der Waals surface area (Å²) in [5.41, 5.74) is 2.43. The van der Waals surface area contributed by atoms with Crippen LogP contribution >= 0.6 is 11.6 Å². The third-order valence-electron chi connectivity index (χ3n) is 3.43. The Bertz CT molecular complexity index is 303. The SMILES string of the molecule is C=C(C)[C@@H]1CC=C(CCl)CC2(C1)OCCO2. The van der Waals surface area contributed by atoms with Crippen molar-refractivity contribution in [3.8, 4) is 0 Å². The quantitative estimate of drug-likeness (QED) is 0.547. The predicted octanol–water partition coefficient (Wildman–Crippen LogP) is 3.27. The largest absolute Gasteiger partial charge is 0.347 e. The fourth-order valence-corrected chi connectivity index (χ4v) is 2.66. The van der Waals surface area contributed by atoms with Gasteiger partial charge in [0.2, 0.25) is 0 Å². The van der Waals surface area contributed by atoms with Gasteiger partial charge in [0.15, 0.2) is 5.79 Å². The van der Waals surface area contributed by atoms with Gasteiger partial charge in [-0.15, -0.1) is 11.6 Å². The molecule has 0 aromatic carbocycles. The predicted molar refractivity (Wildman–Crippen MR) is 65.6 cm³/mol. The molecule has 0 amide bonds. The molecule has 1 atom stereocenters. The summed E-state index contributed by atoms with van der Waals surface area (Å²) in [7, 11) is 0. The zero-order valence-electron chi connectivity index (χ0n) is 9.80. The number of rotatable bonds is 2. The molecule has 2 aliphatic rings. The van der Waals surface area contributed by atoms with Crippen molar-refractivity contribution in [2.24, 2.45) is 5.92 Å². The molecule has 0 aromatic rings. The molecule has 2 nitrogen and oxygen atoms in total. The minimum Gasteiger partial charge on any atom is -0.347 e. The molecular formula is C13H19ClO2. The third kappa shape index (κ3) is 2.50. The van der Waals surface area contributed by atoms with E-state index in [4.69, 9.17) is 21.1 Å². The first kappa shape index (κ1) is 12.2. The van der Waals surface area contributed by atoms with Crippen LogP contribution in [0.25, 0.3) is 0 Å². The topological polar surface area (TPSA) is 18.5 Å². The van der Waals surface area contributed by atoms with Gasteiger partial charge in [0, 0.05) is 18.7 Å². The van der Waals surface area contributed by atoms with E-state index >= 15 is 0 Å². The van der Waals surface area contributed by atoms with Gasteiger partial charge in [0.05, 0.1) is 13.2 Å². The summed E-state index contributed by atoms with van der Waals surface area (Å²) in [5, 5.41) is 0. The average molecular weight is 243 g/mol. The molecule has 1 fully saturated rings. The van der Waals surface area contributed by atoms with E-state index in [0.717, 1.165) is 19.3 Å². The van der Waals surface area contributed by atoms with Crippen LogP contribution in [-0.2, 0) is 9.47 Å². The van der Waals surface area contributed by atoms with Crippen molar-refractivity contribution in [1.82, 2.24) is 0 Å². The van der Waals surface area contributed by atoms with Crippen molar-refractivity contribution in [3.63, 3.8) is 0 Å². The number of allylic oxidation sites excluding steroid dienone is 2. The Morgan fingerprint density at radius 1 is 1.56 bits per heavy atom. The lowest BCUT2D eigenvalue weighted by Gasteiger charge is -2.29. The van der Waals surface area contributed by atoms with E-state index in [0.29, 0.717) is 25.0 Å². The summed E-state index contributed by atoms with van der Waals surface area (Å²) in [6.07, 6.45) is 4.94. The average Bonchev–Trinajstić information content (AvgIpc) is 2.60. The molecule has 1 spiro atoms. The molecule has 1 aliphatic heterocycles. The lowest BCUT2D eigenvalue weighted by atomic mass is 9.91. The van der Waals surface area contributed by atoms with Gasteiger partial charge in [0.25, 0.3) is 0 Å². The molecule has 90 valence electrons. The molecule has 16 heavy (non-hydrogen) atoms. The molecule has 0 unspecified atom stereocenters. The fourth-order valence-electron chi connectivity index (χ4n) is 2.45. The van der Waals surface area contributed by atoms with Crippen molar-refractivity contribution in [1.29, 1.82) is 0 Å².